The lowest BCUT2D eigenvalue weighted by atomic mass is 10.1. The summed E-state index contributed by atoms with van der Waals surface area (Å²) in [4.78, 5) is 10.5. The molecule has 1 unspecified atom stereocenters. The van der Waals surface area contributed by atoms with Crippen LogP contribution in [0.1, 0.15) is 18.5 Å². The Kier molecular flexibility index (Phi) is 4.10. The molecule has 0 radical (unpaired) electrons. The number of halogens is 1. The van der Waals surface area contributed by atoms with Crippen LogP contribution in [-0.2, 0) is 4.79 Å². The first kappa shape index (κ1) is 13.5. The van der Waals surface area contributed by atoms with E-state index in [1.165, 1.54) is 16.8 Å². The number of carboxylic acid groups (broad SMARTS) is 1. The van der Waals surface area contributed by atoms with Crippen LogP contribution < -0.4 is 0 Å². The van der Waals surface area contributed by atoms with Gasteiger partial charge in [0.15, 0.2) is 0 Å². The number of thioether (sulfide) groups is 1. The van der Waals surface area contributed by atoms with Crippen molar-refractivity contribution < 1.29 is 14.3 Å². The summed E-state index contributed by atoms with van der Waals surface area (Å²) in [6, 6.07) is 5.81. The topological polar surface area (TPSA) is 80.9 Å². The highest BCUT2D eigenvalue weighted by Gasteiger charge is 2.16. The van der Waals surface area contributed by atoms with E-state index in [0.29, 0.717) is 5.16 Å². The van der Waals surface area contributed by atoms with Gasteiger partial charge in [-0.3, -0.25) is 4.79 Å². The molecule has 100 valence electrons. The van der Waals surface area contributed by atoms with E-state index >= 15 is 0 Å². The first-order valence-electron chi connectivity index (χ1n) is 5.46. The Morgan fingerprint density at radius 1 is 1.47 bits per heavy atom. The normalized spacial score (nSPS) is 12.3. The number of benzene rings is 1. The zero-order valence-electron chi connectivity index (χ0n) is 10.0. The molecule has 0 aliphatic carbocycles. The van der Waals surface area contributed by atoms with E-state index in [4.69, 9.17) is 5.11 Å². The van der Waals surface area contributed by atoms with Crippen molar-refractivity contribution in [3.8, 4) is 0 Å². The largest absolute Gasteiger partial charge is 0.481 e. The molecule has 0 aliphatic rings. The lowest BCUT2D eigenvalue weighted by molar-refractivity contribution is -0.133. The van der Waals surface area contributed by atoms with E-state index < -0.39 is 5.97 Å². The Bertz CT molecular complexity index is 572. The predicted octanol–water partition coefficient (Wildman–Crippen LogP) is 1.60. The van der Waals surface area contributed by atoms with E-state index in [2.05, 4.69) is 15.5 Å². The van der Waals surface area contributed by atoms with Gasteiger partial charge in [-0.1, -0.05) is 23.9 Å². The molecule has 1 heterocycles. The fraction of sp³-hybridized carbons (Fsp3) is 0.273. The zero-order chi connectivity index (χ0) is 13.8. The lowest BCUT2D eigenvalue weighted by Crippen LogP contribution is -2.11. The first-order chi connectivity index (χ1) is 9.08. The summed E-state index contributed by atoms with van der Waals surface area (Å²) in [5, 5.41) is 20.2. The van der Waals surface area contributed by atoms with Crippen molar-refractivity contribution in [2.24, 2.45) is 0 Å². The Morgan fingerprint density at radius 2 is 2.16 bits per heavy atom. The summed E-state index contributed by atoms with van der Waals surface area (Å²) in [5.41, 5.74) is 0.839. The van der Waals surface area contributed by atoms with Crippen LogP contribution in [0.15, 0.2) is 29.4 Å². The second-order valence-corrected chi connectivity index (χ2v) is 4.76. The summed E-state index contributed by atoms with van der Waals surface area (Å²) in [7, 11) is 0. The van der Waals surface area contributed by atoms with Gasteiger partial charge in [-0.2, -0.15) is 0 Å². The number of hydrogen-bond acceptors (Lipinski definition) is 5. The van der Waals surface area contributed by atoms with Crippen LogP contribution in [0.5, 0.6) is 0 Å². The molecule has 0 saturated heterocycles. The van der Waals surface area contributed by atoms with Crippen molar-refractivity contribution in [1.82, 2.24) is 20.2 Å². The number of hydrogen-bond donors (Lipinski definition) is 1. The van der Waals surface area contributed by atoms with Crippen LogP contribution in [0.3, 0.4) is 0 Å². The van der Waals surface area contributed by atoms with Crippen molar-refractivity contribution >= 4 is 17.7 Å². The summed E-state index contributed by atoms with van der Waals surface area (Å²) in [5.74, 6) is -1.36. The molecule has 1 atom stereocenters. The zero-order valence-corrected chi connectivity index (χ0v) is 10.8. The van der Waals surface area contributed by atoms with Gasteiger partial charge in [0, 0.05) is 0 Å². The van der Waals surface area contributed by atoms with Gasteiger partial charge >= 0.3 is 5.97 Å². The molecule has 0 amide bonds. The van der Waals surface area contributed by atoms with E-state index in [1.807, 2.05) is 6.92 Å². The fourth-order valence-electron chi connectivity index (χ4n) is 1.53. The second kappa shape index (κ2) is 5.79. The minimum atomic E-state index is -0.936. The number of aliphatic carboxylic acids is 1. The Labute approximate surface area is 112 Å². The third kappa shape index (κ3) is 3.28. The molecular formula is C11H11FN4O2S. The lowest BCUT2D eigenvalue weighted by Gasteiger charge is -2.13. The molecule has 2 aromatic rings. The molecule has 19 heavy (non-hydrogen) atoms. The average Bonchev–Trinajstić information content (AvgIpc) is 2.84. The predicted molar refractivity (Wildman–Crippen MR) is 66.4 cm³/mol. The van der Waals surface area contributed by atoms with Gasteiger partial charge in [-0.05, 0) is 35.0 Å². The van der Waals surface area contributed by atoms with Gasteiger partial charge in [0.2, 0.25) is 5.16 Å². The SMILES string of the molecule is CC(c1ccc(F)cc1)n1nnnc1SCC(=O)O. The van der Waals surface area contributed by atoms with Crippen LogP contribution in [0.25, 0.3) is 0 Å². The Morgan fingerprint density at radius 3 is 2.79 bits per heavy atom. The molecule has 0 aliphatic heterocycles. The molecule has 8 heteroatoms. The molecule has 1 aromatic heterocycles. The summed E-state index contributed by atoms with van der Waals surface area (Å²) < 4.78 is 14.4. The van der Waals surface area contributed by atoms with Crippen LogP contribution in [-0.4, -0.2) is 37.0 Å². The van der Waals surface area contributed by atoms with Crippen LogP contribution >= 0.6 is 11.8 Å². The number of aromatic nitrogens is 4. The smallest absolute Gasteiger partial charge is 0.313 e. The number of carbonyl (C=O) groups is 1. The highest BCUT2D eigenvalue weighted by molar-refractivity contribution is 7.99. The van der Waals surface area contributed by atoms with Crippen molar-refractivity contribution in [2.45, 2.75) is 18.1 Å². The van der Waals surface area contributed by atoms with E-state index in [9.17, 15) is 9.18 Å². The molecule has 0 bridgehead atoms. The number of tetrazole rings is 1. The molecular weight excluding hydrogens is 271 g/mol. The standard InChI is InChI=1S/C11H11FN4O2S/c1-7(8-2-4-9(12)5-3-8)16-11(13-14-15-16)19-6-10(17)18/h2-5,7H,6H2,1H3,(H,17,18). The third-order valence-electron chi connectivity index (χ3n) is 2.51. The van der Waals surface area contributed by atoms with Gasteiger partial charge in [-0.25, -0.2) is 9.07 Å². The van der Waals surface area contributed by atoms with E-state index in [1.54, 1.807) is 12.1 Å². The maximum absolute atomic E-state index is 12.9. The van der Waals surface area contributed by atoms with Gasteiger partial charge < -0.3 is 5.11 Å². The van der Waals surface area contributed by atoms with Crippen LogP contribution in [0, 0.1) is 5.82 Å². The van der Waals surface area contributed by atoms with E-state index in [-0.39, 0.29) is 17.6 Å². The molecule has 0 saturated carbocycles. The Hall–Kier alpha value is -1.96. The monoisotopic (exact) mass is 282 g/mol. The highest BCUT2D eigenvalue weighted by Crippen LogP contribution is 2.22. The van der Waals surface area contributed by atoms with E-state index in [0.717, 1.165) is 17.3 Å². The van der Waals surface area contributed by atoms with Gasteiger partial charge in [-0.15, -0.1) is 5.10 Å². The van der Waals surface area contributed by atoms with Gasteiger partial charge in [0.05, 0.1) is 11.8 Å². The minimum absolute atomic E-state index is 0.115. The second-order valence-electron chi connectivity index (χ2n) is 3.82. The molecule has 6 nitrogen and oxygen atoms in total. The quantitative estimate of drug-likeness (QED) is 0.839. The average molecular weight is 282 g/mol. The van der Waals surface area contributed by atoms with Crippen molar-refractivity contribution in [3.05, 3.63) is 35.6 Å². The highest BCUT2D eigenvalue weighted by atomic mass is 32.2. The number of rotatable bonds is 5. The Balaban J connectivity index is 2.19. The van der Waals surface area contributed by atoms with Crippen molar-refractivity contribution in [3.63, 3.8) is 0 Å². The minimum Gasteiger partial charge on any atom is -0.481 e. The number of nitrogens with zero attached hydrogens (tertiary/aromatic N) is 4. The first-order valence-corrected chi connectivity index (χ1v) is 6.44. The summed E-state index contributed by atoms with van der Waals surface area (Å²) in [6.45, 7) is 1.86. The van der Waals surface area contributed by atoms with Gasteiger partial charge in [0.1, 0.15) is 5.82 Å². The van der Waals surface area contributed by atoms with Crippen molar-refractivity contribution in [1.29, 1.82) is 0 Å². The molecule has 1 aromatic carbocycles. The fourth-order valence-corrected chi connectivity index (χ4v) is 2.21. The summed E-state index contributed by atoms with van der Waals surface area (Å²) in [6.07, 6.45) is 0. The maximum atomic E-state index is 12.9. The van der Waals surface area contributed by atoms with Crippen LogP contribution in [0.4, 0.5) is 4.39 Å². The molecule has 0 spiro atoms. The summed E-state index contributed by atoms with van der Waals surface area (Å²) >= 11 is 1.04. The van der Waals surface area contributed by atoms with Crippen LogP contribution in [0.2, 0.25) is 0 Å². The van der Waals surface area contributed by atoms with Crippen molar-refractivity contribution in [2.75, 3.05) is 5.75 Å². The third-order valence-corrected chi connectivity index (χ3v) is 3.42. The number of carboxylic acids is 1. The molecule has 1 N–H and O–H groups in total. The maximum Gasteiger partial charge on any atom is 0.313 e. The molecule has 2 rings (SSSR count). The van der Waals surface area contributed by atoms with Gasteiger partial charge in [0.25, 0.3) is 0 Å². The molecule has 0 fully saturated rings.